The molecule has 0 N–H and O–H groups in total. The summed E-state index contributed by atoms with van der Waals surface area (Å²) >= 11 is 0. The normalized spacial score (nSPS) is 9.95. The fourth-order valence-electron chi connectivity index (χ4n) is 1.61. The molecule has 0 aliphatic heterocycles. The van der Waals surface area contributed by atoms with Gasteiger partial charge in [0.2, 0.25) is 0 Å². The number of rotatable bonds is 4. The Hall–Kier alpha value is -2.69. The lowest BCUT2D eigenvalue weighted by Crippen LogP contribution is -1.96. The molecule has 0 aliphatic rings. The average Bonchev–Trinajstić information content (AvgIpc) is 2.39. The zero-order valence-corrected chi connectivity index (χ0v) is 10.2. The predicted molar refractivity (Wildman–Crippen MR) is 69.6 cm³/mol. The molecule has 0 spiro atoms. The molecule has 5 heteroatoms. The maximum atomic E-state index is 11.4. The van der Waals surface area contributed by atoms with Gasteiger partial charge in [0.1, 0.15) is 11.5 Å². The number of carbonyl (C=O) groups excluding carboxylic acids is 1. The van der Waals surface area contributed by atoms with E-state index in [1.165, 1.54) is 31.2 Å². The van der Waals surface area contributed by atoms with E-state index in [1.807, 2.05) is 0 Å². The second kappa shape index (κ2) is 5.30. The number of nitrogens with zero attached hydrogens (tertiary/aromatic N) is 1. The number of ketones is 1. The van der Waals surface area contributed by atoms with Gasteiger partial charge in [0.05, 0.1) is 10.5 Å². The van der Waals surface area contributed by atoms with Gasteiger partial charge in [-0.15, -0.1) is 0 Å². The zero-order chi connectivity index (χ0) is 13.8. The van der Waals surface area contributed by atoms with Crippen LogP contribution in [0.15, 0.2) is 48.5 Å². The third-order valence-corrected chi connectivity index (χ3v) is 2.54. The largest absolute Gasteiger partial charge is 0.457 e. The second-order valence-electron chi connectivity index (χ2n) is 3.91. The number of nitro groups is 1. The first-order chi connectivity index (χ1) is 9.08. The van der Waals surface area contributed by atoms with Crippen molar-refractivity contribution in [2.45, 2.75) is 6.92 Å². The molecule has 0 fully saturated rings. The summed E-state index contributed by atoms with van der Waals surface area (Å²) in [5.41, 5.74) is 0.466. The molecular formula is C14H11NO4. The monoisotopic (exact) mass is 257 g/mol. The van der Waals surface area contributed by atoms with Crippen molar-refractivity contribution >= 4 is 11.5 Å². The molecule has 0 radical (unpaired) electrons. The Balaban J connectivity index is 2.26. The summed E-state index contributed by atoms with van der Waals surface area (Å²) in [5, 5.41) is 10.5. The first-order valence-electron chi connectivity index (χ1n) is 5.60. The van der Waals surface area contributed by atoms with Crippen molar-refractivity contribution in [2.75, 3.05) is 0 Å². The Bertz CT molecular complexity index is 620. The van der Waals surface area contributed by atoms with E-state index in [4.69, 9.17) is 4.74 Å². The van der Waals surface area contributed by atoms with Gasteiger partial charge in [-0.3, -0.25) is 14.9 Å². The molecule has 0 aliphatic carbocycles. The van der Waals surface area contributed by atoms with Crippen LogP contribution in [0.3, 0.4) is 0 Å². The number of Topliss-reactive ketones (excluding diaryl/α,β-unsaturated/α-hetero) is 1. The molecule has 96 valence electrons. The van der Waals surface area contributed by atoms with E-state index in [9.17, 15) is 14.9 Å². The number of nitro benzene ring substituents is 1. The summed E-state index contributed by atoms with van der Waals surface area (Å²) in [6.07, 6.45) is 0. The lowest BCUT2D eigenvalue weighted by molar-refractivity contribution is -0.384. The molecule has 19 heavy (non-hydrogen) atoms. The fourth-order valence-corrected chi connectivity index (χ4v) is 1.61. The molecule has 0 amide bonds. The van der Waals surface area contributed by atoms with E-state index < -0.39 is 4.92 Å². The molecule has 2 aromatic rings. The predicted octanol–water partition coefficient (Wildman–Crippen LogP) is 3.59. The van der Waals surface area contributed by atoms with Gasteiger partial charge < -0.3 is 4.74 Å². The van der Waals surface area contributed by atoms with Crippen LogP contribution in [-0.4, -0.2) is 10.7 Å². The summed E-state index contributed by atoms with van der Waals surface area (Å²) in [6.45, 7) is 1.46. The third-order valence-electron chi connectivity index (χ3n) is 2.54. The molecule has 0 heterocycles. The molecule has 5 nitrogen and oxygen atoms in total. The molecule has 0 aromatic heterocycles. The van der Waals surface area contributed by atoms with E-state index in [2.05, 4.69) is 0 Å². The van der Waals surface area contributed by atoms with Crippen LogP contribution in [0.25, 0.3) is 0 Å². The van der Waals surface area contributed by atoms with Crippen LogP contribution >= 0.6 is 0 Å². The smallest absolute Gasteiger partial charge is 0.269 e. The molecule has 0 unspecified atom stereocenters. The molecule has 0 saturated heterocycles. The Kier molecular flexibility index (Phi) is 3.56. The average molecular weight is 257 g/mol. The Morgan fingerprint density at radius 2 is 1.74 bits per heavy atom. The number of hydrogen-bond donors (Lipinski definition) is 0. The summed E-state index contributed by atoms with van der Waals surface area (Å²) in [4.78, 5) is 21.5. The maximum Gasteiger partial charge on any atom is 0.269 e. The van der Waals surface area contributed by atoms with Crippen LogP contribution < -0.4 is 4.74 Å². The number of non-ortho nitro benzene ring substituents is 1. The van der Waals surface area contributed by atoms with Crippen molar-refractivity contribution in [1.82, 2.24) is 0 Å². The number of hydrogen-bond acceptors (Lipinski definition) is 4. The van der Waals surface area contributed by atoms with E-state index in [-0.39, 0.29) is 11.5 Å². The van der Waals surface area contributed by atoms with Crippen LogP contribution in [0.2, 0.25) is 0 Å². The lowest BCUT2D eigenvalue weighted by atomic mass is 10.1. The molecule has 2 rings (SSSR count). The molecule has 0 saturated carbocycles. The van der Waals surface area contributed by atoms with Crippen molar-refractivity contribution < 1.29 is 14.5 Å². The summed E-state index contributed by atoms with van der Waals surface area (Å²) in [6, 6.07) is 12.6. The van der Waals surface area contributed by atoms with Gasteiger partial charge >= 0.3 is 0 Å². The highest BCUT2D eigenvalue weighted by Crippen LogP contribution is 2.26. The van der Waals surface area contributed by atoms with E-state index in [1.54, 1.807) is 24.3 Å². The standard InChI is InChI=1S/C14H11NO4/c1-10(16)13-4-2-3-5-14(13)19-12-8-6-11(7-9-12)15(17)18/h2-9H,1H3. The molecule has 0 atom stereocenters. The van der Waals surface area contributed by atoms with Gasteiger partial charge in [-0.2, -0.15) is 0 Å². The molecular weight excluding hydrogens is 246 g/mol. The summed E-state index contributed by atoms with van der Waals surface area (Å²) in [7, 11) is 0. The third kappa shape index (κ3) is 2.95. The number of benzene rings is 2. The van der Waals surface area contributed by atoms with Gasteiger partial charge in [0.25, 0.3) is 5.69 Å². The lowest BCUT2D eigenvalue weighted by Gasteiger charge is -2.08. The van der Waals surface area contributed by atoms with Crippen LogP contribution in [0, 0.1) is 10.1 Å². The van der Waals surface area contributed by atoms with Gasteiger partial charge in [-0.05, 0) is 31.2 Å². The van der Waals surface area contributed by atoms with Crippen molar-refractivity contribution in [3.8, 4) is 11.5 Å². The van der Waals surface area contributed by atoms with E-state index in [0.717, 1.165) is 0 Å². The maximum absolute atomic E-state index is 11.4. The Morgan fingerprint density at radius 1 is 1.11 bits per heavy atom. The Morgan fingerprint density at radius 3 is 2.32 bits per heavy atom. The first-order valence-corrected chi connectivity index (χ1v) is 5.60. The Labute approximate surface area is 109 Å². The minimum absolute atomic E-state index is 0.00722. The SMILES string of the molecule is CC(=O)c1ccccc1Oc1ccc([N+](=O)[O-])cc1. The second-order valence-corrected chi connectivity index (χ2v) is 3.91. The van der Waals surface area contributed by atoms with E-state index >= 15 is 0 Å². The van der Waals surface area contributed by atoms with E-state index in [0.29, 0.717) is 17.1 Å². The van der Waals surface area contributed by atoms with Gasteiger partial charge in [-0.25, -0.2) is 0 Å². The van der Waals surface area contributed by atoms with Crippen molar-refractivity contribution in [3.63, 3.8) is 0 Å². The minimum atomic E-state index is -0.479. The van der Waals surface area contributed by atoms with Crippen LogP contribution in [-0.2, 0) is 0 Å². The number of para-hydroxylation sites is 1. The van der Waals surface area contributed by atoms with Crippen LogP contribution in [0.1, 0.15) is 17.3 Å². The minimum Gasteiger partial charge on any atom is -0.457 e. The number of carbonyl (C=O) groups is 1. The summed E-state index contributed by atoms with van der Waals surface area (Å²) in [5.74, 6) is 0.778. The first kappa shape index (κ1) is 12.8. The number of ether oxygens (including phenoxy) is 1. The topological polar surface area (TPSA) is 69.4 Å². The summed E-state index contributed by atoms with van der Waals surface area (Å²) < 4.78 is 5.56. The van der Waals surface area contributed by atoms with Crippen molar-refractivity contribution in [2.24, 2.45) is 0 Å². The highest BCUT2D eigenvalue weighted by molar-refractivity contribution is 5.96. The quantitative estimate of drug-likeness (QED) is 0.476. The van der Waals surface area contributed by atoms with Gasteiger partial charge in [0, 0.05) is 12.1 Å². The molecule has 0 bridgehead atoms. The molecule has 2 aromatic carbocycles. The highest BCUT2D eigenvalue weighted by Gasteiger charge is 2.09. The zero-order valence-electron chi connectivity index (χ0n) is 10.2. The highest BCUT2D eigenvalue weighted by atomic mass is 16.6. The van der Waals surface area contributed by atoms with Crippen LogP contribution in [0.5, 0.6) is 11.5 Å². The van der Waals surface area contributed by atoms with Crippen LogP contribution in [0.4, 0.5) is 5.69 Å². The van der Waals surface area contributed by atoms with Gasteiger partial charge in [-0.1, -0.05) is 12.1 Å². The fraction of sp³-hybridized carbons (Fsp3) is 0.0714. The van der Waals surface area contributed by atoms with Crippen molar-refractivity contribution in [1.29, 1.82) is 0 Å². The van der Waals surface area contributed by atoms with Gasteiger partial charge in [0.15, 0.2) is 5.78 Å². The van der Waals surface area contributed by atoms with Crippen molar-refractivity contribution in [3.05, 3.63) is 64.2 Å².